The number of likely N-dealkylation sites (tertiary alicyclic amines) is 1. The Morgan fingerprint density at radius 3 is 3.06 bits per heavy atom. The minimum atomic E-state index is -0.804. The second-order valence-electron chi connectivity index (χ2n) is 4.71. The molecule has 90 valence electrons. The molecule has 2 saturated heterocycles. The van der Waals surface area contributed by atoms with Crippen molar-refractivity contribution >= 4 is 11.8 Å². The number of anilines is 1. The third kappa shape index (κ3) is 1.71. The number of amides is 1. The van der Waals surface area contributed by atoms with Gasteiger partial charge in [0.05, 0.1) is 17.9 Å². The van der Waals surface area contributed by atoms with Gasteiger partial charge in [-0.15, -0.1) is 0 Å². The second-order valence-corrected chi connectivity index (χ2v) is 4.71. The molecule has 0 radical (unpaired) electrons. The van der Waals surface area contributed by atoms with Crippen molar-refractivity contribution in [2.45, 2.75) is 12.5 Å². The fourth-order valence-electron chi connectivity index (χ4n) is 2.79. The number of nitrogens with zero attached hydrogens (tertiary/aromatic N) is 3. The van der Waals surface area contributed by atoms with E-state index in [0.29, 0.717) is 25.0 Å². The van der Waals surface area contributed by atoms with Gasteiger partial charge in [0, 0.05) is 31.7 Å². The summed E-state index contributed by atoms with van der Waals surface area (Å²) in [6.07, 6.45) is 3.77. The highest BCUT2D eigenvalue weighted by molar-refractivity contribution is 5.65. The van der Waals surface area contributed by atoms with Crippen molar-refractivity contribution in [2.75, 3.05) is 24.5 Å². The average Bonchev–Trinajstić information content (AvgIpc) is 2.32. The Labute approximate surface area is 99.7 Å². The zero-order valence-corrected chi connectivity index (χ0v) is 9.49. The summed E-state index contributed by atoms with van der Waals surface area (Å²) in [6, 6.07) is 4.28. The topological polar surface area (TPSA) is 56.7 Å². The van der Waals surface area contributed by atoms with Gasteiger partial charge in [0.15, 0.2) is 0 Å². The van der Waals surface area contributed by atoms with Crippen LogP contribution in [-0.2, 0) is 0 Å². The van der Waals surface area contributed by atoms with E-state index in [0.717, 1.165) is 18.7 Å². The summed E-state index contributed by atoms with van der Waals surface area (Å²) in [4.78, 5) is 18.9. The predicted molar refractivity (Wildman–Crippen MR) is 63.1 cm³/mol. The molecule has 0 spiro atoms. The number of rotatable bonds is 1. The van der Waals surface area contributed by atoms with E-state index in [4.69, 9.17) is 5.11 Å². The van der Waals surface area contributed by atoms with Crippen LogP contribution in [0.5, 0.6) is 0 Å². The largest absolute Gasteiger partial charge is 0.465 e. The molecular formula is C12H15N3O2. The molecule has 1 aromatic rings. The molecule has 5 heteroatoms. The number of piperidine rings is 1. The smallest absolute Gasteiger partial charge is 0.407 e. The number of carboxylic acid groups (broad SMARTS) is 1. The Morgan fingerprint density at radius 1 is 1.47 bits per heavy atom. The summed E-state index contributed by atoms with van der Waals surface area (Å²) in [5.41, 5.74) is 1.10. The first-order chi connectivity index (χ1) is 8.25. The fraction of sp³-hybridized carbons (Fsp3) is 0.500. The Kier molecular flexibility index (Phi) is 2.39. The van der Waals surface area contributed by atoms with Crippen LogP contribution in [0.3, 0.4) is 0 Å². The van der Waals surface area contributed by atoms with Crippen molar-refractivity contribution in [1.82, 2.24) is 9.88 Å². The number of aromatic nitrogens is 1. The van der Waals surface area contributed by atoms with Gasteiger partial charge >= 0.3 is 6.09 Å². The van der Waals surface area contributed by atoms with Crippen LogP contribution in [0.15, 0.2) is 24.5 Å². The lowest BCUT2D eigenvalue weighted by Gasteiger charge is -2.54. The monoisotopic (exact) mass is 233 g/mol. The van der Waals surface area contributed by atoms with E-state index in [1.165, 1.54) is 4.90 Å². The zero-order chi connectivity index (χ0) is 11.8. The van der Waals surface area contributed by atoms with Gasteiger partial charge in [0.25, 0.3) is 0 Å². The lowest BCUT2D eigenvalue weighted by Crippen LogP contribution is -2.65. The summed E-state index contributed by atoms with van der Waals surface area (Å²) in [5.74, 6) is 0.644. The fourth-order valence-corrected chi connectivity index (χ4v) is 2.79. The number of hydrogen-bond acceptors (Lipinski definition) is 3. The van der Waals surface area contributed by atoms with Crippen LogP contribution >= 0.6 is 0 Å². The van der Waals surface area contributed by atoms with E-state index < -0.39 is 6.09 Å². The normalized spacial score (nSPS) is 27.3. The van der Waals surface area contributed by atoms with E-state index in [-0.39, 0.29) is 0 Å². The molecule has 2 unspecified atom stereocenters. The van der Waals surface area contributed by atoms with Gasteiger partial charge in [-0.1, -0.05) is 0 Å². The van der Waals surface area contributed by atoms with Crippen molar-refractivity contribution in [3.05, 3.63) is 24.5 Å². The highest BCUT2D eigenvalue weighted by Crippen LogP contribution is 2.35. The summed E-state index contributed by atoms with van der Waals surface area (Å²) >= 11 is 0. The molecule has 2 fully saturated rings. The lowest BCUT2D eigenvalue weighted by atomic mass is 9.82. The van der Waals surface area contributed by atoms with Gasteiger partial charge in [0.2, 0.25) is 0 Å². The Hall–Kier alpha value is -1.78. The van der Waals surface area contributed by atoms with E-state index >= 15 is 0 Å². The zero-order valence-electron chi connectivity index (χ0n) is 9.49. The van der Waals surface area contributed by atoms with E-state index in [2.05, 4.69) is 9.88 Å². The molecule has 5 nitrogen and oxygen atoms in total. The maximum atomic E-state index is 11.0. The van der Waals surface area contributed by atoms with Crippen LogP contribution in [0.4, 0.5) is 10.5 Å². The van der Waals surface area contributed by atoms with E-state index in [9.17, 15) is 4.79 Å². The third-order valence-electron chi connectivity index (χ3n) is 3.80. The molecule has 2 aliphatic rings. The Balaban J connectivity index is 1.73. The predicted octanol–water partition coefficient (Wildman–Crippen LogP) is 1.27. The number of hydrogen-bond donors (Lipinski definition) is 1. The van der Waals surface area contributed by atoms with Gasteiger partial charge in [0.1, 0.15) is 0 Å². The second kappa shape index (κ2) is 3.91. The van der Waals surface area contributed by atoms with Gasteiger partial charge in [-0.05, 0) is 18.6 Å². The van der Waals surface area contributed by atoms with Crippen LogP contribution in [0.2, 0.25) is 0 Å². The molecule has 3 heterocycles. The summed E-state index contributed by atoms with van der Waals surface area (Å²) in [7, 11) is 0. The molecule has 0 aliphatic carbocycles. The molecule has 0 aromatic carbocycles. The van der Waals surface area contributed by atoms with Gasteiger partial charge in [-0.25, -0.2) is 4.79 Å². The van der Waals surface area contributed by atoms with Crippen molar-refractivity contribution in [2.24, 2.45) is 5.92 Å². The summed E-state index contributed by atoms with van der Waals surface area (Å²) < 4.78 is 0. The Bertz CT molecular complexity index is 423. The summed E-state index contributed by atoms with van der Waals surface area (Å²) in [5, 5.41) is 9.02. The first-order valence-electron chi connectivity index (χ1n) is 5.90. The van der Waals surface area contributed by atoms with Crippen molar-refractivity contribution in [3.8, 4) is 0 Å². The quantitative estimate of drug-likeness (QED) is 0.793. The van der Waals surface area contributed by atoms with Crippen molar-refractivity contribution in [3.63, 3.8) is 0 Å². The lowest BCUT2D eigenvalue weighted by molar-refractivity contribution is 0.0945. The molecular weight excluding hydrogens is 218 g/mol. The maximum absolute atomic E-state index is 11.0. The van der Waals surface area contributed by atoms with Crippen LogP contribution in [0, 0.1) is 5.92 Å². The van der Waals surface area contributed by atoms with Crippen molar-refractivity contribution < 1.29 is 9.90 Å². The van der Waals surface area contributed by atoms with Gasteiger partial charge < -0.3 is 14.9 Å². The first kappa shape index (κ1) is 10.4. The molecule has 1 amide bonds. The van der Waals surface area contributed by atoms with Crippen LogP contribution in [-0.4, -0.2) is 46.8 Å². The molecule has 0 bridgehead atoms. The average molecular weight is 233 g/mol. The molecule has 1 N–H and O–H groups in total. The molecule has 2 aliphatic heterocycles. The first-order valence-corrected chi connectivity index (χ1v) is 5.90. The SMILES string of the molecule is O=C(O)N1CCC2CN(c3cccnc3)C2C1. The highest BCUT2D eigenvalue weighted by atomic mass is 16.4. The number of pyridine rings is 1. The van der Waals surface area contributed by atoms with Gasteiger partial charge in [-0.3, -0.25) is 4.98 Å². The van der Waals surface area contributed by atoms with Crippen LogP contribution in [0.1, 0.15) is 6.42 Å². The summed E-state index contributed by atoms with van der Waals surface area (Å²) in [6.45, 7) is 2.33. The van der Waals surface area contributed by atoms with E-state index in [1.807, 2.05) is 18.3 Å². The number of carbonyl (C=O) groups is 1. The van der Waals surface area contributed by atoms with Gasteiger partial charge in [-0.2, -0.15) is 0 Å². The van der Waals surface area contributed by atoms with Crippen molar-refractivity contribution in [1.29, 1.82) is 0 Å². The number of fused-ring (bicyclic) bond motifs is 1. The minimum Gasteiger partial charge on any atom is -0.465 e. The minimum absolute atomic E-state index is 0.337. The third-order valence-corrected chi connectivity index (χ3v) is 3.80. The maximum Gasteiger partial charge on any atom is 0.407 e. The van der Waals surface area contributed by atoms with Crippen LogP contribution < -0.4 is 4.90 Å². The molecule has 1 aromatic heterocycles. The molecule has 2 atom stereocenters. The Morgan fingerprint density at radius 2 is 2.35 bits per heavy atom. The molecule has 0 saturated carbocycles. The molecule has 3 rings (SSSR count). The molecule has 17 heavy (non-hydrogen) atoms. The van der Waals surface area contributed by atoms with Crippen LogP contribution in [0.25, 0.3) is 0 Å². The standard InChI is InChI=1S/C12H15N3O2/c16-12(17)14-5-3-9-7-15(11(9)8-14)10-2-1-4-13-6-10/h1-2,4,6,9,11H,3,5,7-8H2,(H,16,17). The van der Waals surface area contributed by atoms with E-state index in [1.54, 1.807) is 6.20 Å². The highest BCUT2D eigenvalue weighted by Gasteiger charge is 2.43.